The van der Waals surface area contributed by atoms with Crippen LogP contribution in [0.25, 0.3) is 0 Å². The minimum absolute atomic E-state index is 0.303. The van der Waals surface area contributed by atoms with Crippen molar-refractivity contribution in [1.82, 2.24) is 0 Å². The van der Waals surface area contributed by atoms with Gasteiger partial charge in [0.2, 0.25) is 0 Å². The first-order valence-corrected chi connectivity index (χ1v) is 7.22. The second kappa shape index (κ2) is 4.34. The zero-order valence-corrected chi connectivity index (χ0v) is 12.4. The molecule has 2 aliphatic rings. The molecular weight excluding hydrogens is 280 g/mol. The van der Waals surface area contributed by atoms with Gasteiger partial charge in [-0.05, 0) is 19.1 Å². The van der Waals surface area contributed by atoms with Gasteiger partial charge in [0.25, 0.3) is 0 Å². The first kappa shape index (κ1) is 13.3. The van der Waals surface area contributed by atoms with E-state index in [0.717, 1.165) is 16.9 Å². The van der Waals surface area contributed by atoms with E-state index in [1.807, 2.05) is 54.6 Å². The fourth-order valence-corrected chi connectivity index (χ4v) is 3.25. The molecule has 2 saturated heterocycles. The van der Waals surface area contributed by atoms with Gasteiger partial charge in [-0.25, -0.2) is 4.79 Å². The average molecular weight is 296 g/mol. The number of epoxide rings is 1. The lowest BCUT2D eigenvalue weighted by molar-refractivity contribution is -0.160. The summed E-state index contributed by atoms with van der Waals surface area (Å²) >= 11 is 0. The molecular formula is C18H16O4. The molecule has 2 aromatic carbocycles. The van der Waals surface area contributed by atoms with E-state index in [9.17, 15) is 4.79 Å². The number of carbonyl (C=O) groups is 1. The van der Waals surface area contributed by atoms with E-state index in [2.05, 4.69) is 0 Å². The minimum atomic E-state index is -0.890. The molecule has 0 radical (unpaired) electrons. The summed E-state index contributed by atoms with van der Waals surface area (Å²) in [7, 11) is 1.62. The molecule has 0 unspecified atom stereocenters. The minimum Gasteiger partial charge on any atom is -0.497 e. The number of esters is 1. The molecule has 0 N–H and O–H groups in total. The molecule has 2 fully saturated rings. The van der Waals surface area contributed by atoms with Gasteiger partial charge in [0.15, 0.2) is 11.2 Å². The smallest absolute Gasteiger partial charge is 0.342 e. The second-order valence-electron chi connectivity index (χ2n) is 5.82. The van der Waals surface area contributed by atoms with E-state index in [1.165, 1.54) is 0 Å². The fraction of sp³-hybridized carbons (Fsp3) is 0.278. The number of benzene rings is 2. The Balaban J connectivity index is 1.88. The zero-order valence-electron chi connectivity index (χ0n) is 12.4. The lowest BCUT2D eigenvalue weighted by Gasteiger charge is -2.30. The largest absolute Gasteiger partial charge is 0.497 e. The van der Waals surface area contributed by atoms with Gasteiger partial charge in [-0.15, -0.1) is 0 Å². The summed E-state index contributed by atoms with van der Waals surface area (Å²) in [4.78, 5) is 12.3. The van der Waals surface area contributed by atoms with Crippen molar-refractivity contribution < 1.29 is 19.0 Å². The highest BCUT2D eigenvalue weighted by Gasteiger charge is 2.77. The molecule has 0 amide bonds. The van der Waals surface area contributed by atoms with Crippen LogP contribution in [0.15, 0.2) is 54.6 Å². The summed E-state index contributed by atoms with van der Waals surface area (Å²) in [5.41, 5.74) is 0.0774. The molecule has 3 atom stereocenters. The monoisotopic (exact) mass is 296 g/mol. The zero-order chi connectivity index (χ0) is 15.4. The summed E-state index contributed by atoms with van der Waals surface area (Å²) in [6.07, 6.45) is -0.303. The van der Waals surface area contributed by atoms with E-state index in [4.69, 9.17) is 14.2 Å². The van der Waals surface area contributed by atoms with Crippen LogP contribution in [0.3, 0.4) is 0 Å². The molecule has 2 heterocycles. The molecule has 0 saturated carbocycles. The number of cyclic esters (lactones) is 1. The van der Waals surface area contributed by atoms with Crippen molar-refractivity contribution in [2.24, 2.45) is 0 Å². The number of rotatable bonds is 3. The van der Waals surface area contributed by atoms with Crippen molar-refractivity contribution in [3.8, 4) is 5.75 Å². The predicted octanol–water partition coefficient (Wildman–Crippen LogP) is 2.65. The number of hydrogen-bond acceptors (Lipinski definition) is 4. The van der Waals surface area contributed by atoms with Crippen molar-refractivity contribution in [3.63, 3.8) is 0 Å². The second-order valence-corrected chi connectivity index (χ2v) is 5.82. The molecule has 0 bridgehead atoms. The maximum atomic E-state index is 12.3. The van der Waals surface area contributed by atoms with E-state index < -0.39 is 11.2 Å². The Bertz CT molecular complexity index is 725. The molecule has 0 aromatic heterocycles. The van der Waals surface area contributed by atoms with Gasteiger partial charge in [-0.1, -0.05) is 42.5 Å². The van der Waals surface area contributed by atoms with Crippen LogP contribution in [0, 0.1) is 0 Å². The summed E-state index contributed by atoms with van der Waals surface area (Å²) in [6.45, 7) is 1.79. The van der Waals surface area contributed by atoms with Crippen LogP contribution in [-0.4, -0.2) is 24.8 Å². The molecule has 112 valence electrons. The quantitative estimate of drug-likeness (QED) is 0.645. The Morgan fingerprint density at radius 3 is 2.14 bits per heavy atom. The Labute approximate surface area is 128 Å². The first-order chi connectivity index (χ1) is 10.6. The van der Waals surface area contributed by atoms with Crippen molar-refractivity contribution in [1.29, 1.82) is 0 Å². The normalized spacial score (nSPS) is 32.3. The van der Waals surface area contributed by atoms with Crippen LogP contribution in [0.1, 0.15) is 18.1 Å². The van der Waals surface area contributed by atoms with Crippen LogP contribution in [-0.2, 0) is 19.9 Å². The molecule has 4 rings (SSSR count). The third-order valence-corrected chi connectivity index (χ3v) is 4.56. The van der Waals surface area contributed by atoms with Crippen LogP contribution in [0.2, 0.25) is 0 Å². The molecule has 0 spiro atoms. The van der Waals surface area contributed by atoms with E-state index in [1.54, 1.807) is 14.0 Å². The van der Waals surface area contributed by atoms with Gasteiger partial charge in [0.05, 0.1) is 7.11 Å². The van der Waals surface area contributed by atoms with Crippen molar-refractivity contribution >= 4 is 5.97 Å². The summed E-state index contributed by atoms with van der Waals surface area (Å²) in [5, 5.41) is 0. The molecule has 4 nitrogen and oxygen atoms in total. The summed E-state index contributed by atoms with van der Waals surface area (Å²) < 4.78 is 16.8. The molecule has 2 aromatic rings. The average Bonchev–Trinajstić information content (AvgIpc) is 3.21. The molecule has 22 heavy (non-hydrogen) atoms. The number of hydrogen-bond donors (Lipinski definition) is 0. The Hall–Kier alpha value is -2.33. The molecule has 2 aliphatic heterocycles. The highest BCUT2D eigenvalue weighted by atomic mass is 16.7. The highest BCUT2D eigenvalue weighted by Crippen LogP contribution is 2.59. The van der Waals surface area contributed by atoms with Crippen molar-refractivity contribution in [3.05, 3.63) is 65.7 Å². The highest BCUT2D eigenvalue weighted by molar-refractivity contribution is 5.88. The Morgan fingerprint density at radius 1 is 1.00 bits per heavy atom. The summed E-state index contributed by atoms with van der Waals surface area (Å²) in [6, 6.07) is 17.3. The third-order valence-electron chi connectivity index (χ3n) is 4.56. The van der Waals surface area contributed by atoms with Gasteiger partial charge in [-0.2, -0.15) is 0 Å². The predicted molar refractivity (Wildman–Crippen MR) is 79.6 cm³/mol. The topological polar surface area (TPSA) is 48.1 Å². The van der Waals surface area contributed by atoms with Crippen LogP contribution < -0.4 is 4.74 Å². The maximum Gasteiger partial charge on any atom is 0.342 e. The first-order valence-electron chi connectivity index (χ1n) is 7.22. The molecule has 4 heteroatoms. The number of fused-ring (bicyclic) bond motifs is 1. The fourth-order valence-electron chi connectivity index (χ4n) is 3.25. The van der Waals surface area contributed by atoms with Gasteiger partial charge < -0.3 is 14.2 Å². The molecule has 0 aliphatic carbocycles. The summed E-state index contributed by atoms with van der Waals surface area (Å²) in [5.74, 6) is 0.452. The number of carbonyl (C=O) groups excluding carboxylic acids is 1. The van der Waals surface area contributed by atoms with Gasteiger partial charge >= 0.3 is 5.97 Å². The van der Waals surface area contributed by atoms with Crippen LogP contribution >= 0.6 is 0 Å². The SMILES string of the molecule is COc1ccc([C@]2(c3ccccc3)OC(=O)[C@]3(C)O[C@H]23)cc1. The standard InChI is InChI=1S/C18H16O4/c1-17-15(21-17)18(22-16(17)19,12-6-4-3-5-7-12)13-8-10-14(20-2)11-9-13/h3-11,15H,1-2H3/t15-,17+,18-/m0/s1. The lowest BCUT2D eigenvalue weighted by Crippen LogP contribution is -2.34. The maximum absolute atomic E-state index is 12.3. The van der Waals surface area contributed by atoms with Crippen LogP contribution in [0.5, 0.6) is 5.75 Å². The number of ether oxygens (including phenoxy) is 3. The lowest BCUT2D eigenvalue weighted by atomic mass is 9.81. The number of methoxy groups -OCH3 is 1. The third kappa shape index (κ3) is 1.58. The Kier molecular flexibility index (Phi) is 2.63. The van der Waals surface area contributed by atoms with Gasteiger partial charge in [0, 0.05) is 11.1 Å². The Morgan fingerprint density at radius 2 is 1.64 bits per heavy atom. The van der Waals surface area contributed by atoms with Crippen molar-refractivity contribution in [2.45, 2.75) is 24.2 Å². The van der Waals surface area contributed by atoms with E-state index in [-0.39, 0.29) is 12.1 Å². The van der Waals surface area contributed by atoms with Crippen molar-refractivity contribution in [2.75, 3.05) is 7.11 Å². The van der Waals surface area contributed by atoms with Gasteiger partial charge in [0.1, 0.15) is 11.9 Å². The van der Waals surface area contributed by atoms with Crippen LogP contribution in [0.4, 0.5) is 0 Å². The van der Waals surface area contributed by atoms with Gasteiger partial charge in [-0.3, -0.25) is 0 Å². The van der Waals surface area contributed by atoms with E-state index >= 15 is 0 Å². The van der Waals surface area contributed by atoms with E-state index in [0.29, 0.717) is 0 Å².